The Morgan fingerprint density at radius 1 is 1.06 bits per heavy atom. The lowest BCUT2D eigenvalue weighted by Gasteiger charge is -2.14. The van der Waals surface area contributed by atoms with Crippen molar-refractivity contribution < 1.29 is 14.3 Å². The first-order valence-electron chi connectivity index (χ1n) is 10.8. The van der Waals surface area contributed by atoms with Gasteiger partial charge in [-0.3, -0.25) is 25.0 Å². The van der Waals surface area contributed by atoms with Gasteiger partial charge in [-0.1, -0.05) is 24.3 Å². The minimum absolute atomic E-state index is 0.130. The van der Waals surface area contributed by atoms with E-state index in [9.17, 15) is 14.4 Å². The monoisotopic (exact) mass is 480 g/mol. The van der Waals surface area contributed by atoms with Crippen molar-refractivity contribution in [2.75, 3.05) is 18.3 Å². The van der Waals surface area contributed by atoms with Crippen LogP contribution in [0.1, 0.15) is 22.5 Å². The minimum Gasteiger partial charge on any atom is -0.496 e. The summed E-state index contributed by atoms with van der Waals surface area (Å²) in [6.07, 6.45) is 1.43. The molecule has 184 valence electrons. The zero-order valence-corrected chi connectivity index (χ0v) is 19.7. The highest BCUT2D eigenvalue weighted by molar-refractivity contribution is 5.76. The number of nitrogen functional groups attached to an aromatic ring is 1. The van der Waals surface area contributed by atoms with Gasteiger partial charge in [0.15, 0.2) is 0 Å². The maximum atomic E-state index is 12.8. The Hall–Kier alpha value is -4.61. The number of methoxy groups -OCH3 is 1. The Labute approximate surface area is 201 Å². The summed E-state index contributed by atoms with van der Waals surface area (Å²) < 4.78 is 6.51. The largest absolute Gasteiger partial charge is 0.496 e. The summed E-state index contributed by atoms with van der Waals surface area (Å²) in [5.74, 6) is 0.545. The molecule has 3 rings (SSSR count). The van der Waals surface area contributed by atoms with E-state index in [1.165, 1.54) is 10.8 Å². The normalized spacial score (nSPS) is 10.4. The number of carbonyl (C=O) groups excluding carboxylic acids is 2. The van der Waals surface area contributed by atoms with Crippen molar-refractivity contribution in [2.24, 2.45) is 0 Å². The molecule has 0 spiro atoms. The fraction of sp³-hybridized carbons (Fsp3) is 0.261. The van der Waals surface area contributed by atoms with Gasteiger partial charge in [0.1, 0.15) is 18.1 Å². The number of nitrogens with zero attached hydrogens (tertiary/aromatic N) is 3. The molecular formula is C23H28N8O4. The van der Waals surface area contributed by atoms with Crippen LogP contribution in [0.25, 0.3) is 0 Å². The molecule has 0 aliphatic rings. The number of amides is 3. The second-order valence-corrected chi connectivity index (χ2v) is 7.64. The maximum absolute atomic E-state index is 12.8. The number of carbonyl (C=O) groups is 2. The average molecular weight is 481 g/mol. The number of nitrogens with two attached hydrogens (primary N) is 1. The van der Waals surface area contributed by atoms with Crippen LogP contribution >= 0.6 is 0 Å². The summed E-state index contributed by atoms with van der Waals surface area (Å²) in [4.78, 5) is 45.6. The van der Waals surface area contributed by atoms with E-state index in [2.05, 4.69) is 31.5 Å². The van der Waals surface area contributed by atoms with Gasteiger partial charge in [0.2, 0.25) is 11.7 Å². The number of ether oxygens (including phenoxy) is 1. The smallest absolute Gasteiger partial charge is 0.333 e. The Balaban J connectivity index is 1.57. The number of anilines is 2. The van der Waals surface area contributed by atoms with Gasteiger partial charge in [0.05, 0.1) is 7.11 Å². The molecule has 12 nitrogen and oxygen atoms in total. The molecule has 12 heteroatoms. The van der Waals surface area contributed by atoms with Crippen LogP contribution in [-0.4, -0.2) is 33.6 Å². The fourth-order valence-electron chi connectivity index (χ4n) is 3.23. The van der Waals surface area contributed by atoms with Gasteiger partial charge in [0, 0.05) is 36.2 Å². The Morgan fingerprint density at radius 2 is 1.80 bits per heavy atom. The van der Waals surface area contributed by atoms with Crippen LogP contribution in [0.4, 0.5) is 16.4 Å². The van der Waals surface area contributed by atoms with Gasteiger partial charge >= 0.3 is 6.03 Å². The lowest BCUT2D eigenvalue weighted by molar-refractivity contribution is -0.121. The van der Waals surface area contributed by atoms with Crippen LogP contribution in [0, 0.1) is 13.8 Å². The lowest BCUT2D eigenvalue weighted by Crippen LogP contribution is -2.42. The molecule has 0 saturated carbocycles. The molecule has 1 aromatic carbocycles. The zero-order valence-electron chi connectivity index (χ0n) is 19.7. The van der Waals surface area contributed by atoms with E-state index >= 15 is 0 Å². The predicted octanol–water partition coefficient (Wildman–Crippen LogP) is 0.989. The number of hydrogen-bond acceptors (Lipinski definition) is 8. The van der Waals surface area contributed by atoms with Crippen LogP contribution < -0.4 is 37.5 Å². The molecule has 3 aromatic rings. The summed E-state index contributed by atoms with van der Waals surface area (Å²) in [6, 6.07) is 10.1. The predicted molar refractivity (Wildman–Crippen MR) is 130 cm³/mol. The number of rotatable bonds is 9. The molecule has 0 atom stereocenters. The number of benzene rings is 1. The quantitative estimate of drug-likeness (QED) is 0.283. The number of pyridine rings is 1. The van der Waals surface area contributed by atoms with Crippen LogP contribution in [-0.2, 0) is 24.4 Å². The molecule has 2 aromatic heterocycles. The Bertz CT molecular complexity index is 1270. The van der Waals surface area contributed by atoms with Crippen molar-refractivity contribution >= 4 is 23.6 Å². The van der Waals surface area contributed by atoms with E-state index in [-0.39, 0.29) is 31.4 Å². The first-order chi connectivity index (χ1) is 16.8. The Morgan fingerprint density at radius 3 is 2.54 bits per heavy atom. The molecule has 3 amide bonds. The summed E-state index contributed by atoms with van der Waals surface area (Å²) >= 11 is 0. The summed E-state index contributed by atoms with van der Waals surface area (Å²) in [6.45, 7) is 3.70. The number of aryl methyl sites for hydroxylation is 2. The average Bonchev–Trinajstić information content (AvgIpc) is 2.84. The van der Waals surface area contributed by atoms with E-state index in [4.69, 9.17) is 10.5 Å². The van der Waals surface area contributed by atoms with Crippen LogP contribution in [0.3, 0.4) is 0 Å². The number of hydrazine groups is 1. The molecule has 0 saturated heterocycles. The molecular weight excluding hydrogens is 452 g/mol. The second kappa shape index (κ2) is 11.5. The van der Waals surface area contributed by atoms with Gasteiger partial charge in [-0.25, -0.2) is 14.8 Å². The van der Waals surface area contributed by atoms with Gasteiger partial charge in [-0.2, -0.15) is 0 Å². The highest BCUT2D eigenvalue weighted by Gasteiger charge is 2.13. The molecule has 0 aliphatic carbocycles. The first kappa shape index (κ1) is 25.0. The number of para-hydroxylation sites is 1. The first-order valence-corrected chi connectivity index (χ1v) is 10.8. The van der Waals surface area contributed by atoms with E-state index in [1.807, 2.05) is 18.2 Å². The summed E-state index contributed by atoms with van der Waals surface area (Å²) in [7, 11) is 1.55. The number of hydrogen-bond donors (Lipinski definition) is 5. The van der Waals surface area contributed by atoms with Gasteiger partial charge in [-0.05, 0) is 31.5 Å². The van der Waals surface area contributed by atoms with Gasteiger partial charge in [-0.15, -0.1) is 0 Å². The molecule has 0 bridgehead atoms. The molecule has 6 N–H and O–H groups in total. The van der Waals surface area contributed by atoms with Crippen molar-refractivity contribution in [3.05, 3.63) is 75.5 Å². The number of urea groups is 1. The molecule has 2 heterocycles. The minimum atomic E-state index is -0.575. The lowest BCUT2D eigenvalue weighted by atomic mass is 10.2. The fourth-order valence-corrected chi connectivity index (χ4v) is 3.23. The van der Waals surface area contributed by atoms with Crippen molar-refractivity contribution in [1.82, 2.24) is 30.6 Å². The van der Waals surface area contributed by atoms with E-state index in [1.54, 1.807) is 39.2 Å². The summed E-state index contributed by atoms with van der Waals surface area (Å²) in [5, 5.41) is 5.42. The highest BCUT2D eigenvalue weighted by Crippen LogP contribution is 2.16. The second-order valence-electron chi connectivity index (χ2n) is 7.64. The highest BCUT2D eigenvalue weighted by atomic mass is 16.5. The maximum Gasteiger partial charge on any atom is 0.333 e. The Kier molecular flexibility index (Phi) is 8.22. The standard InChI is InChI=1S/C23H28N8O4/c1-14-10-26-21(29-30-23(34)27-12-17-6-4-5-7-18(17)35-3)22(33)31(14)13-20(32)25-11-16-8-9-19(24)28-15(16)2/h4-10H,11-13H2,1-3H3,(H2,24,28)(H,25,32)(H,26,29)(H2,27,30,34). The molecule has 35 heavy (non-hydrogen) atoms. The van der Waals surface area contributed by atoms with Crippen molar-refractivity contribution in [3.63, 3.8) is 0 Å². The molecule has 0 aliphatic heterocycles. The van der Waals surface area contributed by atoms with Crippen molar-refractivity contribution in [1.29, 1.82) is 0 Å². The summed E-state index contributed by atoms with van der Waals surface area (Å²) in [5.41, 5.74) is 12.8. The third-order valence-electron chi connectivity index (χ3n) is 5.17. The molecule has 0 radical (unpaired) electrons. The number of nitrogens with one attached hydrogen (secondary N) is 4. The van der Waals surface area contributed by atoms with E-state index in [0.29, 0.717) is 23.0 Å². The van der Waals surface area contributed by atoms with Crippen LogP contribution in [0.2, 0.25) is 0 Å². The molecule has 0 fully saturated rings. The van der Waals surface area contributed by atoms with Crippen molar-refractivity contribution in [3.8, 4) is 5.75 Å². The van der Waals surface area contributed by atoms with E-state index in [0.717, 1.165) is 11.1 Å². The van der Waals surface area contributed by atoms with E-state index < -0.39 is 11.6 Å². The molecule has 0 unspecified atom stereocenters. The van der Waals surface area contributed by atoms with Gasteiger partial charge in [0.25, 0.3) is 5.56 Å². The number of aromatic nitrogens is 3. The van der Waals surface area contributed by atoms with Crippen LogP contribution in [0.15, 0.2) is 47.4 Å². The zero-order chi connectivity index (χ0) is 25.4. The third kappa shape index (κ3) is 6.69. The van der Waals surface area contributed by atoms with Crippen LogP contribution in [0.5, 0.6) is 5.75 Å². The van der Waals surface area contributed by atoms with Crippen molar-refractivity contribution in [2.45, 2.75) is 33.5 Å². The van der Waals surface area contributed by atoms with Gasteiger partial charge < -0.3 is 21.1 Å². The SMILES string of the molecule is COc1ccccc1CNC(=O)NNc1ncc(C)n(CC(=O)NCc2ccc(N)nc2C)c1=O. The topological polar surface area (TPSA) is 165 Å². The third-order valence-corrected chi connectivity index (χ3v) is 5.17.